The minimum atomic E-state index is 0.630. The highest BCUT2D eigenvalue weighted by molar-refractivity contribution is 8.11. The Hall–Kier alpha value is 0.590. The maximum absolute atomic E-state index is 4.91. The second kappa shape index (κ2) is 41.6. The Morgan fingerprint density at radius 1 is 0.295 bits per heavy atom. The molecule has 0 aromatic rings. The third kappa shape index (κ3) is 42.6. The van der Waals surface area contributed by atoms with Gasteiger partial charge >= 0.3 is 0 Å². The lowest BCUT2D eigenvalue weighted by molar-refractivity contribution is 0.510. The number of hydrogen-bond acceptors (Lipinski definition) is 2. The number of hydrogen-bond donors (Lipinski definition) is 3. The zero-order chi connectivity index (χ0) is 31.9. The van der Waals surface area contributed by atoms with Crippen LogP contribution >= 0.6 is 37.5 Å². The highest BCUT2D eigenvalue weighted by atomic mass is 32.1. The standard InChI is InChI=1S/C40H81NS3/c42-39-37-35-33-31-29-27-25-23-21-19-17-15-13-11-9-7-5-3-1-2-4-6-8-10-12-14-16-18-20-22-24-26-28-30-32-34-36-38-41-40(43)44/h42H,1-39H2,(H2,41,43,44). The van der Waals surface area contributed by atoms with Crippen molar-refractivity contribution in [1.29, 1.82) is 0 Å². The molecule has 0 aliphatic carbocycles. The lowest BCUT2D eigenvalue weighted by atomic mass is 10.0. The van der Waals surface area contributed by atoms with E-state index in [0.717, 1.165) is 12.3 Å². The first-order chi connectivity index (χ1) is 21.8. The average Bonchev–Trinajstić information content (AvgIpc) is 3.02. The monoisotopic (exact) mass is 672 g/mol. The minimum Gasteiger partial charge on any atom is -0.371 e. The summed E-state index contributed by atoms with van der Waals surface area (Å²) in [5.41, 5.74) is 0. The van der Waals surface area contributed by atoms with Crippen LogP contribution in [0.4, 0.5) is 0 Å². The van der Waals surface area contributed by atoms with Crippen LogP contribution in [0.15, 0.2) is 0 Å². The van der Waals surface area contributed by atoms with E-state index >= 15 is 0 Å². The molecule has 0 aliphatic heterocycles. The molecule has 1 nitrogen and oxygen atoms in total. The van der Waals surface area contributed by atoms with Gasteiger partial charge in [0.1, 0.15) is 4.32 Å². The first-order valence-electron chi connectivity index (χ1n) is 20.3. The summed E-state index contributed by atoms with van der Waals surface area (Å²) in [7, 11) is 0. The quantitative estimate of drug-likeness (QED) is 0.0342. The third-order valence-electron chi connectivity index (χ3n) is 9.61. The van der Waals surface area contributed by atoms with Gasteiger partial charge in [-0.05, 0) is 18.6 Å². The van der Waals surface area contributed by atoms with Gasteiger partial charge in [-0.3, -0.25) is 0 Å². The van der Waals surface area contributed by atoms with E-state index in [2.05, 4.69) is 30.6 Å². The second-order valence-corrected chi connectivity index (χ2v) is 15.6. The number of nitrogens with one attached hydrogen (secondary N) is 1. The van der Waals surface area contributed by atoms with Crippen molar-refractivity contribution >= 4 is 41.8 Å². The zero-order valence-electron chi connectivity index (χ0n) is 29.9. The smallest absolute Gasteiger partial charge is 0.130 e. The molecule has 0 unspecified atom stereocenters. The zero-order valence-corrected chi connectivity index (χ0v) is 32.5. The van der Waals surface area contributed by atoms with Gasteiger partial charge in [-0.25, -0.2) is 0 Å². The van der Waals surface area contributed by atoms with Crippen molar-refractivity contribution in [1.82, 2.24) is 5.32 Å². The van der Waals surface area contributed by atoms with Crippen molar-refractivity contribution in [2.45, 2.75) is 238 Å². The molecular weight excluding hydrogens is 591 g/mol. The van der Waals surface area contributed by atoms with Gasteiger partial charge in [-0.15, -0.1) is 12.6 Å². The normalized spacial score (nSPS) is 11.4. The molecule has 0 radical (unpaired) electrons. The van der Waals surface area contributed by atoms with Crippen LogP contribution in [0.5, 0.6) is 0 Å². The van der Waals surface area contributed by atoms with E-state index in [1.807, 2.05) is 0 Å². The van der Waals surface area contributed by atoms with Crippen LogP contribution in [0, 0.1) is 0 Å². The second-order valence-electron chi connectivity index (χ2n) is 14.0. The molecule has 0 atom stereocenters. The molecule has 0 spiro atoms. The van der Waals surface area contributed by atoms with Gasteiger partial charge in [0.2, 0.25) is 0 Å². The molecule has 264 valence electrons. The Balaban J connectivity index is 3.04. The van der Waals surface area contributed by atoms with E-state index in [1.165, 1.54) is 238 Å². The van der Waals surface area contributed by atoms with Gasteiger partial charge in [0.25, 0.3) is 0 Å². The maximum Gasteiger partial charge on any atom is 0.130 e. The molecular formula is C40H81NS3. The Bertz CT molecular complexity index is 527. The lowest BCUT2D eigenvalue weighted by Crippen LogP contribution is -2.17. The van der Waals surface area contributed by atoms with Crippen LogP contribution in [0.1, 0.15) is 238 Å². The van der Waals surface area contributed by atoms with Gasteiger partial charge in [-0.2, -0.15) is 12.6 Å². The van der Waals surface area contributed by atoms with Crippen LogP contribution in [0.25, 0.3) is 0 Å². The van der Waals surface area contributed by atoms with E-state index in [-0.39, 0.29) is 0 Å². The number of unbranched alkanes of at least 4 members (excludes halogenated alkanes) is 36. The van der Waals surface area contributed by atoms with Crippen LogP contribution < -0.4 is 5.32 Å². The SMILES string of the molecule is S=C(S)NCCCCCCCCCCCCCCCCCCCCCCCCCCCCCCCCCCCCCCCS. The summed E-state index contributed by atoms with van der Waals surface area (Å²) in [5, 5.41) is 3.12. The molecule has 0 heterocycles. The van der Waals surface area contributed by atoms with Crippen molar-refractivity contribution < 1.29 is 0 Å². The summed E-state index contributed by atoms with van der Waals surface area (Å²) in [6, 6.07) is 0. The molecule has 0 rings (SSSR count). The molecule has 0 aromatic heterocycles. The minimum absolute atomic E-state index is 0.630. The summed E-state index contributed by atoms with van der Waals surface area (Å²) < 4.78 is 0.630. The van der Waals surface area contributed by atoms with Crippen molar-refractivity contribution in [2.24, 2.45) is 0 Å². The summed E-state index contributed by atoms with van der Waals surface area (Å²) in [6.45, 7) is 0.987. The third-order valence-corrected chi connectivity index (χ3v) is 10.2. The fourth-order valence-corrected chi connectivity index (χ4v) is 7.06. The average molecular weight is 672 g/mol. The molecule has 1 N–H and O–H groups in total. The van der Waals surface area contributed by atoms with Crippen LogP contribution in [0.2, 0.25) is 0 Å². The molecule has 0 fully saturated rings. The molecule has 0 aromatic carbocycles. The van der Waals surface area contributed by atoms with Gasteiger partial charge < -0.3 is 5.32 Å². The highest BCUT2D eigenvalue weighted by Crippen LogP contribution is 2.17. The van der Waals surface area contributed by atoms with Crippen LogP contribution in [0.3, 0.4) is 0 Å². The van der Waals surface area contributed by atoms with E-state index in [9.17, 15) is 0 Å². The van der Waals surface area contributed by atoms with Crippen LogP contribution in [-0.4, -0.2) is 16.6 Å². The maximum atomic E-state index is 4.91. The number of rotatable bonds is 39. The van der Waals surface area contributed by atoms with Gasteiger partial charge in [0.05, 0.1) is 0 Å². The predicted octanol–water partition coefficient (Wildman–Crippen LogP) is 15.2. The Labute approximate surface area is 295 Å². The van der Waals surface area contributed by atoms with Crippen molar-refractivity contribution in [3.05, 3.63) is 0 Å². The Kier molecular flexibility index (Phi) is 42.2. The molecule has 0 amide bonds. The van der Waals surface area contributed by atoms with E-state index in [0.29, 0.717) is 4.32 Å². The predicted molar refractivity (Wildman–Crippen MR) is 214 cm³/mol. The fourth-order valence-electron chi connectivity index (χ4n) is 6.62. The summed E-state index contributed by atoms with van der Waals surface area (Å²) in [4.78, 5) is 0. The van der Waals surface area contributed by atoms with Gasteiger partial charge in [0.15, 0.2) is 0 Å². The lowest BCUT2D eigenvalue weighted by Gasteiger charge is -2.05. The molecule has 0 aliphatic rings. The molecule has 0 saturated carbocycles. The topological polar surface area (TPSA) is 12.0 Å². The number of thiocarbonyl (C=S) groups is 1. The van der Waals surface area contributed by atoms with Gasteiger partial charge in [0, 0.05) is 6.54 Å². The Morgan fingerprint density at radius 3 is 0.614 bits per heavy atom. The van der Waals surface area contributed by atoms with E-state index in [4.69, 9.17) is 12.2 Å². The Morgan fingerprint density at radius 2 is 0.455 bits per heavy atom. The first-order valence-corrected chi connectivity index (χ1v) is 21.8. The number of thiol groups is 2. The molecule has 4 heteroatoms. The van der Waals surface area contributed by atoms with E-state index in [1.54, 1.807) is 0 Å². The van der Waals surface area contributed by atoms with E-state index < -0.39 is 0 Å². The summed E-state index contributed by atoms with van der Waals surface area (Å²) >= 11 is 13.3. The van der Waals surface area contributed by atoms with Crippen molar-refractivity contribution in [3.63, 3.8) is 0 Å². The largest absolute Gasteiger partial charge is 0.371 e. The fraction of sp³-hybridized carbons (Fsp3) is 0.975. The summed E-state index contributed by atoms with van der Waals surface area (Å²) in [5.74, 6) is 1.07. The van der Waals surface area contributed by atoms with Gasteiger partial charge in [-0.1, -0.05) is 237 Å². The molecule has 0 bridgehead atoms. The molecule has 44 heavy (non-hydrogen) atoms. The van der Waals surface area contributed by atoms with Crippen molar-refractivity contribution in [3.8, 4) is 0 Å². The van der Waals surface area contributed by atoms with Crippen molar-refractivity contribution in [2.75, 3.05) is 12.3 Å². The first kappa shape index (κ1) is 44.6. The highest BCUT2D eigenvalue weighted by Gasteiger charge is 1.98. The van der Waals surface area contributed by atoms with Crippen LogP contribution in [-0.2, 0) is 0 Å². The molecule has 0 saturated heterocycles. The summed E-state index contributed by atoms with van der Waals surface area (Å²) in [6.07, 6.45) is 53.7.